The Kier molecular flexibility index (Phi) is 6.22. The van der Waals surface area contributed by atoms with Crippen LogP contribution in [0.2, 0.25) is 10.0 Å². The maximum atomic E-state index is 13.7. The Labute approximate surface area is 170 Å². The topological polar surface area (TPSA) is 40.5 Å². The molecule has 2 aromatic carbocycles. The zero-order valence-electron chi connectivity index (χ0n) is 14.7. The normalized spacial score (nSPS) is 19.4. The van der Waals surface area contributed by atoms with Crippen LogP contribution < -0.4 is 0 Å². The molecule has 1 N–H and O–H groups in total. The fourth-order valence-electron chi connectivity index (χ4n) is 3.72. The molecule has 0 amide bonds. The second-order valence-corrected chi connectivity index (χ2v) is 7.67. The van der Waals surface area contributed by atoms with E-state index in [4.69, 9.17) is 23.2 Å². The number of rotatable bonds is 4. The van der Waals surface area contributed by atoms with E-state index in [1.54, 1.807) is 23.1 Å². The zero-order valence-corrected chi connectivity index (χ0v) is 16.2. The number of nitrogens with zero attached hydrogens (tertiary/aromatic N) is 1. The second-order valence-electron chi connectivity index (χ2n) is 6.83. The molecule has 1 aliphatic rings. The molecule has 1 saturated heterocycles. The first-order valence-corrected chi connectivity index (χ1v) is 9.52. The lowest BCUT2D eigenvalue weighted by atomic mass is 9.89. The maximum absolute atomic E-state index is 13.7. The lowest BCUT2D eigenvalue weighted by molar-refractivity contribution is -0.144. The van der Waals surface area contributed by atoms with E-state index in [1.165, 1.54) is 18.2 Å². The van der Waals surface area contributed by atoms with Crippen molar-refractivity contribution in [1.82, 2.24) is 4.90 Å². The third kappa shape index (κ3) is 4.45. The molecule has 2 atom stereocenters. The van der Waals surface area contributed by atoms with Crippen LogP contribution >= 0.6 is 23.2 Å². The summed E-state index contributed by atoms with van der Waals surface area (Å²) >= 11 is 12.3. The van der Waals surface area contributed by atoms with Crippen molar-refractivity contribution in [2.75, 3.05) is 13.1 Å². The summed E-state index contributed by atoms with van der Waals surface area (Å²) in [4.78, 5) is 13.2. The molecule has 150 valence electrons. The van der Waals surface area contributed by atoms with Crippen LogP contribution in [-0.2, 0) is 11.0 Å². The summed E-state index contributed by atoms with van der Waals surface area (Å²) in [6, 6.07) is 9.17. The number of benzene rings is 2. The molecule has 1 heterocycles. The van der Waals surface area contributed by atoms with Crippen molar-refractivity contribution in [2.45, 2.75) is 25.1 Å². The van der Waals surface area contributed by atoms with Gasteiger partial charge < -0.3 is 5.11 Å². The molecule has 3 nitrogen and oxygen atoms in total. The number of hydrogen-bond acceptors (Lipinski definition) is 2. The smallest absolute Gasteiger partial charge is 0.416 e. The quantitative estimate of drug-likeness (QED) is 0.654. The number of carbonyl (C=O) groups is 1. The SMILES string of the molecule is O=C(O)C1CCCN(C(c2ccc(Cl)cc2Cl)c2ccccc2C(F)(F)F)C1. The maximum Gasteiger partial charge on any atom is 0.416 e. The van der Waals surface area contributed by atoms with E-state index in [9.17, 15) is 23.1 Å². The Morgan fingerprint density at radius 2 is 1.86 bits per heavy atom. The Morgan fingerprint density at radius 1 is 1.14 bits per heavy atom. The van der Waals surface area contributed by atoms with Crippen molar-refractivity contribution in [3.63, 3.8) is 0 Å². The molecule has 0 saturated carbocycles. The molecule has 0 spiro atoms. The fraction of sp³-hybridized carbons (Fsp3) is 0.350. The number of alkyl halides is 3. The molecule has 0 radical (unpaired) electrons. The van der Waals surface area contributed by atoms with E-state index >= 15 is 0 Å². The van der Waals surface area contributed by atoms with Crippen molar-refractivity contribution in [2.24, 2.45) is 5.92 Å². The summed E-state index contributed by atoms with van der Waals surface area (Å²) in [6.45, 7) is 0.616. The Morgan fingerprint density at radius 3 is 2.50 bits per heavy atom. The number of halogens is 5. The van der Waals surface area contributed by atoms with E-state index in [1.807, 2.05) is 0 Å². The first kappa shape index (κ1) is 21.0. The first-order chi connectivity index (χ1) is 13.2. The summed E-state index contributed by atoms with van der Waals surface area (Å²) in [5.74, 6) is -1.59. The van der Waals surface area contributed by atoms with Crippen molar-refractivity contribution in [3.8, 4) is 0 Å². The van der Waals surface area contributed by atoms with Gasteiger partial charge in [0.2, 0.25) is 0 Å². The fourth-order valence-corrected chi connectivity index (χ4v) is 4.23. The standard InChI is InChI=1S/C20H18Cl2F3NO2/c21-13-7-8-15(17(22)10-13)18(26-9-3-4-12(11-26)19(27)28)14-5-1-2-6-16(14)20(23,24)25/h1-2,5-8,10,12,18H,3-4,9,11H2,(H,27,28). The number of likely N-dealkylation sites (tertiary alicyclic amines) is 1. The van der Waals surface area contributed by atoms with E-state index in [2.05, 4.69) is 0 Å². The largest absolute Gasteiger partial charge is 0.481 e. The molecule has 2 unspecified atom stereocenters. The molecule has 1 fully saturated rings. The molecule has 0 aromatic heterocycles. The van der Waals surface area contributed by atoms with E-state index in [0.717, 1.165) is 6.07 Å². The predicted molar refractivity (Wildman–Crippen MR) is 102 cm³/mol. The molecular weight excluding hydrogens is 414 g/mol. The van der Waals surface area contributed by atoms with Gasteiger partial charge in [-0.3, -0.25) is 9.69 Å². The summed E-state index contributed by atoms with van der Waals surface area (Å²) in [5, 5.41) is 10.0. The van der Waals surface area contributed by atoms with Crippen molar-refractivity contribution in [1.29, 1.82) is 0 Å². The molecule has 3 rings (SSSR count). The van der Waals surface area contributed by atoms with Gasteiger partial charge in [0.05, 0.1) is 17.5 Å². The summed E-state index contributed by atoms with van der Waals surface area (Å²) < 4.78 is 41.1. The van der Waals surface area contributed by atoms with Crippen LogP contribution in [-0.4, -0.2) is 29.1 Å². The number of piperidine rings is 1. The predicted octanol–water partition coefficient (Wildman–Crippen LogP) is 5.90. The van der Waals surface area contributed by atoms with Gasteiger partial charge in [-0.05, 0) is 48.7 Å². The van der Waals surface area contributed by atoms with E-state index in [-0.39, 0.29) is 17.1 Å². The number of carboxylic acid groups (broad SMARTS) is 1. The monoisotopic (exact) mass is 431 g/mol. The summed E-state index contributed by atoms with van der Waals surface area (Å²) in [7, 11) is 0. The van der Waals surface area contributed by atoms with Crippen LogP contribution in [0.4, 0.5) is 13.2 Å². The zero-order chi connectivity index (χ0) is 20.5. The summed E-state index contributed by atoms with van der Waals surface area (Å²) in [6.07, 6.45) is -3.48. The van der Waals surface area contributed by atoms with Gasteiger partial charge in [0.25, 0.3) is 0 Å². The van der Waals surface area contributed by atoms with E-state index in [0.29, 0.717) is 30.0 Å². The number of aliphatic carboxylic acids is 1. The number of hydrogen-bond donors (Lipinski definition) is 1. The molecule has 1 aliphatic heterocycles. The van der Waals surface area contributed by atoms with Crippen LogP contribution in [0.25, 0.3) is 0 Å². The lowest BCUT2D eigenvalue weighted by Crippen LogP contribution is -2.41. The minimum Gasteiger partial charge on any atom is -0.481 e. The van der Waals surface area contributed by atoms with Gasteiger partial charge >= 0.3 is 12.1 Å². The molecule has 0 aliphatic carbocycles. The molecule has 0 bridgehead atoms. The number of carboxylic acids is 1. The minimum atomic E-state index is -4.55. The highest BCUT2D eigenvalue weighted by Crippen LogP contribution is 2.42. The third-order valence-corrected chi connectivity index (χ3v) is 5.55. The highest BCUT2D eigenvalue weighted by atomic mass is 35.5. The van der Waals surface area contributed by atoms with Gasteiger partial charge in [0.15, 0.2) is 0 Å². The van der Waals surface area contributed by atoms with Gasteiger partial charge in [-0.2, -0.15) is 13.2 Å². The summed E-state index contributed by atoms with van der Waals surface area (Å²) in [5.41, 5.74) is -0.248. The van der Waals surface area contributed by atoms with Crippen molar-refractivity contribution < 1.29 is 23.1 Å². The minimum absolute atomic E-state index is 0.0465. The first-order valence-electron chi connectivity index (χ1n) is 8.76. The Bertz CT molecular complexity index is 873. The average molecular weight is 432 g/mol. The van der Waals surface area contributed by atoms with Crippen molar-refractivity contribution in [3.05, 3.63) is 69.2 Å². The molecular formula is C20H18Cl2F3NO2. The van der Waals surface area contributed by atoms with Crippen LogP contribution in [0.3, 0.4) is 0 Å². The van der Waals surface area contributed by atoms with Crippen LogP contribution in [0.5, 0.6) is 0 Å². The molecule has 28 heavy (non-hydrogen) atoms. The van der Waals surface area contributed by atoms with Crippen LogP contribution in [0.15, 0.2) is 42.5 Å². The average Bonchev–Trinajstić information content (AvgIpc) is 2.63. The Hall–Kier alpha value is -1.76. The lowest BCUT2D eigenvalue weighted by Gasteiger charge is -2.38. The highest BCUT2D eigenvalue weighted by Gasteiger charge is 2.39. The third-order valence-electron chi connectivity index (χ3n) is 4.99. The van der Waals surface area contributed by atoms with Gasteiger partial charge in [0, 0.05) is 16.6 Å². The van der Waals surface area contributed by atoms with Gasteiger partial charge in [0.1, 0.15) is 0 Å². The van der Waals surface area contributed by atoms with Crippen LogP contribution in [0.1, 0.15) is 35.6 Å². The van der Waals surface area contributed by atoms with Crippen LogP contribution in [0, 0.1) is 5.92 Å². The van der Waals surface area contributed by atoms with Gasteiger partial charge in [-0.25, -0.2) is 0 Å². The van der Waals surface area contributed by atoms with E-state index < -0.39 is 29.7 Å². The van der Waals surface area contributed by atoms with Gasteiger partial charge in [-0.1, -0.05) is 47.5 Å². The highest BCUT2D eigenvalue weighted by molar-refractivity contribution is 6.35. The Balaban J connectivity index is 2.15. The van der Waals surface area contributed by atoms with Crippen molar-refractivity contribution >= 4 is 29.2 Å². The molecule has 8 heteroatoms. The van der Waals surface area contributed by atoms with Gasteiger partial charge in [-0.15, -0.1) is 0 Å². The second kappa shape index (κ2) is 8.31. The molecule has 2 aromatic rings.